The van der Waals surface area contributed by atoms with Crippen molar-refractivity contribution < 1.29 is 26.3 Å². The van der Waals surface area contributed by atoms with Gasteiger partial charge in [-0.15, -0.1) is 0 Å². The molecule has 1 aromatic heterocycles. The van der Waals surface area contributed by atoms with Crippen LogP contribution in [0.4, 0.5) is 13.2 Å². The lowest BCUT2D eigenvalue weighted by Crippen LogP contribution is -2.38. The highest BCUT2D eigenvalue weighted by Gasteiger charge is 2.31. The van der Waals surface area contributed by atoms with Gasteiger partial charge in [-0.2, -0.15) is 17.5 Å². The molecule has 1 aromatic rings. The van der Waals surface area contributed by atoms with Crippen molar-refractivity contribution in [2.75, 3.05) is 26.7 Å². The summed E-state index contributed by atoms with van der Waals surface area (Å²) < 4.78 is 66.5. The monoisotopic (exact) mass is 339 g/mol. The van der Waals surface area contributed by atoms with E-state index in [1.807, 2.05) is 0 Å². The van der Waals surface area contributed by atoms with Gasteiger partial charge in [-0.25, -0.2) is 13.4 Å². The Kier molecular flexibility index (Phi) is 4.93. The Balaban J connectivity index is 2.08. The molecule has 22 heavy (non-hydrogen) atoms. The van der Waals surface area contributed by atoms with E-state index in [0.717, 1.165) is 18.8 Å². The molecule has 1 aliphatic heterocycles. The molecule has 1 N–H and O–H groups in total. The quantitative estimate of drug-likeness (QED) is 0.867. The van der Waals surface area contributed by atoms with Crippen molar-refractivity contribution >= 4 is 10.0 Å². The molecule has 2 heterocycles. The van der Waals surface area contributed by atoms with Crippen molar-refractivity contribution in [2.24, 2.45) is 0 Å². The Morgan fingerprint density at radius 3 is 2.68 bits per heavy atom. The van der Waals surface area contributed by atoms with Crippen LogP contribution in [0.25, 0.3) is 0 Å². The first kappa shape index (κ1) is 17.0. The van der Waals surface area contributed by atoms with E-state index >= 15 is 0 Å². The fourth-order valence-corrected chi connectivity index (χ4v) is 3.40. The second kappa shape index (κ2) is 6.39. The Morgan fingerprint density at radius 1 is 1.45 bits per heavy atom. The molecule has 0 bridgehead atoms. The van der Waals surface area contributed by atoms with Gasteiger partial charge < -0.3 is 10.1 Å². The third kappa shape index (κ3) is 4.08. The lowest BCUT2D eigenvalue weighted by molar-refractivity contribution is -0.154. The average Bonchev–Trinajstić information content (AvgIpc) is 2.98. The standard InChI is InChI=1S/C12H16F3N3O3S/c1-18(9-4-5-16-6-9)22(19,20)10-2-3-11(17-7-10)21-8-12(13,14)15/h2-3,7,9,16H,4-6,8H2,1H3. The number of pyridine rings is 1. The van der Waals surface area contributed by atoms with Crippen LogP contribution in [0.1, 0.15) is 6.42 Å². The van der Waals surface area contributed by atoms with Gasteiger partial charge in [0.05, 0.1) is 6.20 Å². The fourth-order valence-electron chi connectivity index (χ4n) is 2.07. The van der Waals surface area contributed by atoms with Crippen LogP contribution >= 0.6 is 0 Å². The predicted molar refractivity (Wildman–Crippen MR) is 72.0 cm³/mol. The number of halogens is 3. The van der Waals surface area contributed by atoms with E-state index in [9.17, 15) is 21.6 Å². The number of hydrogen-bond donors (Lipinski definition) is 1. The van der Waals surface area contributed by atoms with Crippen molar-refractivity contribution in [3.8, 4) is 5.88 Å². The van der Waals surface area contributed by atoms with E-state index in [-0.39, 0.29) is 16.8 Å². The largest absolute Gasteiger partial charge is 0.468 e. The zero-order valence-corrected chi connectivity index (χ0v) is 12.6. The number of sulfonamides is 1. The van der Waals surface area contributed by atoms with Gasteiger partial charge in [-0.1, -0.05) is 0 Å². The summed E-state index contributed by atoms with van der Waals surface area (Å²) in [5.74, 6) is -0.276. The summed E-state index contributed by atoms with van der Waals surface area (Å²) in [6.45, 7) is -0.164. The molecule has 0 spiro atoms. The molecule has 0 aliphatic carbocycles. The first-order chi connectivity index (χ1) is 10.2. The van der Waals surface area contributed by atoms with E-state index in [4.69, 9.17) is 0 Å². The van der Waals surface area contributed by atoms with Crippen LogP contribution in [0, 0.1) is 0 Å². The van der Waals surface area contributed by atoms with E-state index < -0.39 is 22.8 Å². The van der Waals surface area contributed by atoms with E-state index in [1.54, 1.807) is 0 Å². The molecule has 2 rings (SSSR count). The first-order valence-corrected chi connectivity index (χ1v) is 7.98. The van der Waals surface area contributed by atoms with Gasteiger partial charge in [0.2, 0.25) is 15.9 Å². The number of aromatic nitrogens is 1. The highest BCUT2D eigenvalue weighted by Crippen LogP contribution is 2.21. The molecule has 10 heteroatoms. The molecule has 1 atom stereocenters. The molecule has 0 amide bonds. The van der Waals surface area contributed by atoms with Gasteiger partial charge in [0.15, 0.2) is 6.61 Å². The van der Waals surface area contributed by atoms with Crippen LogP contribution in [-0.2, 0) is 10.0 Å². The molecule has 0 saturated carbocycles. The molecule has 1 saturated heterocycles. The number of nitrogens with one attached hydrogen (secondary N) is 1. The van der Waals surface area contributed by atoms with Crippen LogP contribution < -0.4 is 10.1 Å². The molecular weight excluding hydrogens is 323 g/mol. The molecular formula is C12H16F3N3O3S. The third-order valence-electron chi connectivity index (χ3n) is 3.32. The minimum Gasteiger partial charge on any atom is -0.468 e. The summed E-state index contributed by atoms with van der Waals surface area (Å²) in [5, 5.41) is 3.07. The highest BCUT2D eigenvalue weighted by atomic mass is 32.2. The lowest BCUT2D eigenvalue weighted by Gasteiger charge is -2.23. The zero-order valence-electron chi connectivity index (χ0n) is 11.8. The number of ether oxygens (including phenoxy) is 1. The van der Waals surface area contributed by atoms with Gasteiger partial charge in [-0.3, -0.25) is 0 Å². The van der Waals surface area contributed by atoms with E-state index in [0.29, 0.717) is 13.0 Å². The normalized spacial score (nSPS) is 19.6. The number of nitrogens with zero attached hydrogens (tertiary/aromatic N) is 2. The Labute approximate surface area is 126 Å². The van der Waals surface area contributed by atoms with Crippen molar-refractivity contribution in [3.05, 3.63) is 18.3 Å². The van der Waals surface area contributed by atoms with Gasteiger partial charge in [0.1, 0.15) is 4.90 Å². The second-order valence-corrected chi connectivity index (χ2v) is 6.90. The zero-order chi connectivity index (χ0) is 16.4. The van der Waals surface area contributed by atoms with E-state index in [1.165, 1.54) is 17.4 Å². The maximum atomic E-state index is 12.4. The molecule has 1 aliphatic rings. The summed E-state index contributed by atoms with van der Waals surface area (Å²) in [7, 11) is -2.26. The van der Waals surface area contributed by atoms with Crippen LogP contribution in [0.5, 0.6) is 5.88 Å². The predicted octanol–water partition coefficient (Wildman–Crippen LogP) is 1.01. The maximum absolute atomic E-state index is 12.4. The second-order valence-electron chi connectivity index (χ2n) is 4.90. The summed E-state index contributed by atoms with van der Waals surface area (Å²) in [6.07, 6.45) is -2.77. The van der Waals surface area contributed by atoms with Crippen molar-refractivity contribution in [1.82, 2.24) is 14.6 Å². The van der Waals surface area contributed by atoms with Crippen LogP contribution in [0.15, 0.2) is 23.2 Å². The molecule has 6 nitrogen and oxygen atoms in total. The lowest BCUT2D eigenvalue weighted by atomic mass is 10.3. The van der Waals surface area contributed by atoms with Gasteiger partial charge >= 0.3 is 6.18 Å². The maximum Gasteiger partial charge on any atom is 0.422 e. The SMILES string of the molecule is CN(C1CCNC1)S(=O)(=O)c1ccc(OCC(F)(F)F)nc1. The smallest absolute Gasteiger partial charge is 0.422 e. The highest BCUT2D eigenvalue weighted by molar-refractivity contribution is 7.89. The Bertz CT molecular complexity index is 598. The summed E-state index contributed by atoms with van der Waals surface area (Å²) in [5.41, 5.74) is 0. The van der Waals surface area contributed by atoms with Gasteiger partial charge in [-0.05, 0) is 19.0 Å². The minimum atomic E-state index is -4.47. The fraction of sp³-hybridized carbons (Fsp3) is 0.583. The van der Waals surface area contributed by atoms with Gasteiger partial charge in [0, 0.05) is 25.7 Å². The molecule has 0 aromatic carbocycles. The molecule has 124 valence electrons. The van der Waals surface area contributed by atoms with Crippen molar-refractivity contribution in [1.29, 1.82) is 0 Å². The molecule has 0 radical (unpaired) electrons. The van der Waals surface area contributed by atoms with Crippen LogP contribution in [0.3, 0.4) is 0 Å². The van der Waals surface area contributed by atoms with Gasteiger partial charge in [0.25, 0.3) is 0 Å². The molecule has 1 fully saturated rings. The first-order valence-electron chi connectivity index (χ1n) is 6.54. The van der Waals surface area contributed by atoms with Crippen molar-refractivity contribution in [2.45, 2.75) is 23.5 Å². The molecule has 1 unspecified atom stereocenters. The number of alkyl halides is 3. The summed E-state index contributed by atoms with van der Waals surface area (Å²) in [4.78, 5) is 3.53. The van der Waals surface area contributed by atoms with Crippen LogP contribution in [-0.4, -0.2) is 56.7 Å². The van der Waals surface area contributed by atoms with Crippen LogP contribution in [0.2, 0.25) is 0 Å². The minimum absolute atomic E-state index is 0.0822. The number of likely N-dealkylation sites (N-methyl/N-ethyl adjacent to an activating group) is 1. The summed E-state index contributed by atoms with van der Waals surface area (Å²) >= 11 is 0. The van der Waals surface area contributed by atoms with E-state index in [2.05, 4.69) is 15.0 Å². The number of hydrogen-bond acceptors (Lipinski definition) is 5. The number of rotatable bonds is 5. The summed E-state index contributed by atoms with van der Waals surface area (Å²) in [6, 6.07) is 2.15. The Morgan fingerprint density at radius 2 is 2.18 bits per heavy atom. The topological polar surface area (TPSA) is 71.5 Å². The average molecular weight is 339 g/mol. The Hall–Kier alpha value is -1.39. The van der Waals surface area contributed by atoms with Crippen molar-refractivity contribution in [3.63, 3.8) is 0 Å². The third-order valence-corrected chi connectivity index (χ3v) is 5.21.